The van der Waals surface area contributed by atoms with Gasteiger partial charge < -0.3 is 9.34 Å². The number of allylic oxidation sites excluding steroid dienone is 1. The van der Waals surface area contributed by atoms with E-state index in [4.69, 9.17) is 0 Å². The second-order valence-electron chi connectivity index (χ2n) is 7.53. The van der Waals surface area contributed by atoms with Gasteiger partial charge in [0, 0.05) is 6.54 Å². The van der Waals surface area contributed by atoms with Crippen LogP contribution in [0, 0.1) is 0 Å². The van der Waals surface area contributed by atoms with Crippen LogP contribution in [0.15, 0.2) is 24.3 Å². The van der Waals surface area contributed by atoms with Gasteiger partial charge in [0.2, 0.25) is 0 Å². The van der Waals surface area contributed by atoms with Gasteiger partial charge in [-0.2, -0.15) is 0 Å². The lowest BCUT2D eigenvalue weighted by Gasteiger charge is -2.42. The fourth-order valence-electron chi connectivity index (χ4n) is 3.60. The summed E-state index contributed by atoms with van der Waals surface area (Å²) in [6.07, 6.45) is 7.12. The molecule has 1 aliphatic heterocycles. The second kappa shape index (κ2) is 4.99. The molecule has 1 heterocycles. The average Bonchev–Trinajstić information content (AvgIpc) is 2.53. The summed E-state index contributed by atoms with van der Waals surface area (Å²) in [4.78, 5) is 0. The smallest absolute Gasteiger partial charge is 0.115 e. The third-order valence-corrected chi connectivity index (χ3v) is 15.4. The van der Waals surface area contributed by atoms with Gasteiger partial charge in [0.1, 0.15) is 22.1 Å². The fraction of sp³-hybridized carbons (Fsp3) is 0.733. The summed E-state index contributed by atoms with van der Waals surface area (Å²) in [7, 11) is -2.53. The maximum atomic E-state index is 10.8. The molecule has 1 fully saturated rings. The summed E-state index contributed by atoms with van der Waals surface area (Å²) < 4.78 is 2.79. The molecule has 1 aliphatic carbocycles. The molecule has 1 unspecified atom stereocenters. The normalized spacial score (nSPS) is 33.5. The van der Waals surface area contributed by atoms with Gasteiger partial charge in [-0.15, -0.1) is 0 Å². The zero-order chi connectivity index (χ0) is 14.3. The summed E-state index contributed by atoms with van der Waals surface area (Å²) in [6, 6.07) is 2.82. The van der Waals surface area contributed by atoms with Crippen molar-refractivity contribution in [3.8, 4) is 0 Å². The molecule has 0 aromatic rings. The minimum Gasteiger partial charge on any atom is -0.381 e. The summed E-state index contributed by atoms with van der Waals surface area (Å²) >= 11 is 0. The molecule has 0 spiro atoms. The standard InChI is InChI=1S/C15H29NOSi2/c1-14(15(17)9-7-6-8-10-15)13-16-18(2,3)11-12-19(16,4)5/h7,9,17H,1,6,8,10-13H2,2-5H3. The van der Waals surface area contributed by atoms with Crippen LogP contribution >= 0.6 is 0 Å². The van der Waals surface area contributed by atoms with Crippen LogP contribution in [0.1, 0.15) is 19.3 Å². The Bertz CT molecular complexity index is 387. The van der Waals surface area contributed by atoms with E-state index in [0.717, 1.165) is 31.4 Å². The molecule has 2 rings (SSSR count). The lowest BCUT2D eigenvalue weighted by molar-refractivity contribution is 0.109. The zero-order valence-electron chi connectivity index (χ0n) is 13.0. The molecule has 0 bridgehead atoms. The second-order valence-corrected chi connectivity index (χ2v) is 17.3. The SMILES string of the molecule is C=C(CN1[Si](C)(C)CC[Si]1(C)C)C1(O)C=CCCC1. The first-order valence-electron chi connectivity index (χ1n) is 7.54. The lowest BCUT2D eigenvalue weighted by atomic mass is 9.85. The van der Waals surface area contributed by atoms with Gasteiger partial charge >= 0.3 is 0 Å². The minimum atomic E-state index is -1.27. The number of hydrogen-bond donors (Lipinski definition) is 1. The summed E-state index contributed by atoms with van der Waals surface area (Å²) in [5.41, 5.74) is 0.280. The number of hydrogen-bond acceptors (Lipinski definition) is 2. The Labute approximate surface area is 120 Å². The Morgan fingerprint density at radius 3 is 2.32 bits per heavy atom. The van der Waals surface area contributed by atoms with Crippen molar-refractivity contribution >= 4 is 16.5 Å². The molecule has 0 radical (unpaired) electrons. The minimum absolute atomic E-state index is 0.740. The first-order chi connectivity index (χ1) is 8.67. The Kier molecular flexibility index (Phi) is 4.00. The van der Waals surface area contributed by atoms with Crippen molar-refractivity contribution in [2.45, 2.75) is 63.1 Å². The van der Waals surface area contributed by atoms with Crippen molar-refractivity contribution in [2.24, 2.45) is 0 Å². The summed E-state index contributed by atoms with van der Waals surface area (Å²) in [5.74, 6) is 0. The van der Waals surface area contributed by atoms with Crippen LogP contribution in [0.2, 0.25) is 38.3 Å². The molecule has 2 nitrogen and oxygen atoms in total. The van der Waals surface area contributed by atoms with E-state index in [0.29, 0.717) is 0 Å². The van der Waals surface area contributed by atoms with Gasteiger partial charge in [0.05, 0.1) is 0 Å². The Morgan fingerprint density at radius 1 is 1.26 bits per heavy atom. The lowest BCUT2D eigenvalue weighted by Crippen LogP contribution is -2.56. The highest BCUT2D eigenvalue weighted by molar-refractivity contribution is 6.95. The molecule has 2 aliphatic rings. The molecule has 1 saturated heterocycles. The maximum absolute atomic E-state index is 10.8. The molecular weight excluding hydrogens is 266 g/mol. The zero-order valence-corrected chi connectivity index (χ0v) is 15.0. The van der Waals surface area contributed by atoms with Crippen molar-refractivity contribution < 1.29 is 5.11 Å². The highest BCUT2D eigenvalue weighted by Crippen LogP contribution is 2.39. The van der Waals surface area contributed by atoms with Gasteiger partial charge in [-0.25, -0.2) is 0 Å². The molecule has 19 heavy (non-hydrogen) atoms. The third kappa shape index (κ3) is 2.96. The predicted octanol–water partition coefficient (Wildman–Crippen LogP) is 3.74. The molecule has 108 valence electrons. The fourth-order valence-corrected chi connectivity index (χ4v) is 17.5. The van der Waals surface area contributed by atoms with Crippen LogP contribution in [-0.2, 0) is 0 Å². The van der Waals surface area contributed by atoms with Crippen molar-refractivity contribution in [1.82, 2.24) is 4.23 Å². The van der Waals surface area contributed by atoms with Crippen molar-refractivity contribution in [3.63, 3.8) is 0 Å². The van der Waals surface area contributed by atoms with Crippen LogP contribution in [0.5, 0.6) is 0 Å². The predicted molar refractivity (Wildman–Crippen MR) is 88.4 cm³/mol. The van der Waals surface area contributed by atoms with E-state index >= 15 is 0 Å². The molecule has 0 amide bonds. The van der Waals surface area contributed by atoms with Gasteiger partial charge in [0.15, 0.2) is 0 Å². The van der Waals surface area contributed by atoms with Gasteiger partial charge in [-0.05, 0) is 36.9 Å². The Hall–Kier alpha value is -0.166. The third-order valence-electron chi connectivity index (χ3n) is 5.09. The summed E-state index contributed by atoms with van der Waals surface area (Å²) in [5, 5.41) is 10.8. The quantitative estimate of drug-likeness (QED) is 0.633. The van der Waals surface area contributed by atoms with E-state index < -0.39 is 22.1 Å². The van der Waals surface area contributed by atoms with Crippen LogP contribution in [-0.4, -0.2) is 38.0 Å². The Balaban J connectivity index is 2.14. The summed E-state index contributed by atoms with van der Waals surface area (Å²) in [6.45, 7) is 15.1. The molecule has 1 atom stereocenters. The highest BCUT2D eigenvalue weighted by atomic mass is 28.4. The van der Waals surface area contributed by atoms with E-state index in [2.05, 4.69) is 43.1 Å². The Morgan fingerprint density at radius 2 is 1.84 bits per heavy atom. The topological polar surface area (TPSA) is 23.5 Å². The van der Waals surface area contributed by atoms with E-state index in [-0.39, 0.29) is 0 Å². The highest BCUT2D eigenvalue weighted by Gasteiger charge is 2.48. The first kappa shape index (κ1) is 15.2. The molecule has 0 aromatic carbocycles. The molecule has 0 aromatic heterocycles. The van der Waals surface area contributed by atoms with Crippen LogP contribution in [0.3, 0.4) is 0 Å². The van der Waals surface area contributed by atoms with Crippen molar-refractivity contribution in [2.75, 3.05) is 6.54 Å². The van der Waals surface area contributed by atoms with Crippen molar-refractivity contribution in [1.29, 1.82) is 0 Å². The number of nitrogens with zero attached hydrogens (tertiary/aromatic N) is 1. The first-order valence-corrected chi connectivity index (χ1v) is 13.8. The van der Waals surface area contributed by atoms with Gasteiger partial charge in [-0.1, -0.05) is 44.9 Å². The molecule has 1 N–H and O–H groups in total. The monoisotopic (exact) mass is 295 g/mol. The largest absolute Gasteiger partial charge is 0.381 e. The van der Waals surface area contributed by atoms with Crippen LogP contribution in [0.4, 0.5) is 0 Å². The number of aliphatic hydroxyl groups is 1. The molecule has 4 heteroatoms. The van der Waals surface area contributed by atoms with E-state index in [1.807, 2.05) is 6.08 Å². The van der Waals surface area contributed by atoms with Gasteiger partial charge in [0.25, 0.3) is 0 Å². The van der Waals surface area contributed by atoms with Crippen LogP contribution in [0.25, 0.3) is 0 Å². The van der Waals surface area contributed by atoms with E-state index in [9.17, 15) is 5.11 Å². The average molecular weight is 296 g/mol. The van der Waals surface area contributed by atoms with E-state index in [1.54, 1.807) is 0 Å². The molecular formula is C15H29NOSi2. The molecule has 0 saturated carbocycles. The van der Waals surface area contributed by atoms with Gasteiger partial charge in [-0.3, -0.25) is 0 Å². The number of rotatable bonds is 3. The van der Waals surface area contributed by atoms with Crippen molar-refractivity contribution in [3.05, 3.63) is 24.3 Å². The maximum Gasteiger partial charge on any atom is 0.115 e. The van der Waals surface area contributed by atoms with E-state index in [1.165, 1.54) is 12.1 Å². The van der Waals surface area contributed by atoms with Crippen LogP contribution < -0.4 is 0 Å².